The lowest BCUT2D eigenvalue weighted by molar-refractivity contribution is 0.778. The molecule has 1 aromatic heterocycles. The minimum Gasteiger partial charge on any atom is -0.326 e. The summed E-state index contributed by atoms with van der Waals surface area (Å²) in [6.07, 6.45) is 1.69. The second kappa shape index (κ2) is 5.63. The Labute approximate surface area is 115 Å². The van der Waals surface area contributed by atoms with Crippen molar-refractivity contribution in [2.75, 3.05) is 0 Å². The molecular formula is C13H17BrN4. The molecule has 2 N–H and O–H groups in total. The lowest BCUT2D eigenvalue weighted by Gasteiger charge is -2.11. The van der Waals surface area contributed by atoms with E-state index in [4.69, 9.17) is 5.73 Å². The average Bonchev–Trinajstić information content (AvgIpc) is 2.81. The summed E-state index contributed by atoms with van der Waals surface area (Å²) in [6.45, 7) is 4.62. The molecule has 0 spiro atoms. The molecule has 0 saturated carbocycles. The minimum atomic E-state index is 0.473. The summed E-state index contributed by atoms with van der Waals surface area (Å²) in [4.78, 5) is 4.52. The van der Waals surface area contributed by atoms with Crippen molar-refractivity contribution in [3.63, 3.8) is 0 Å². The van der Waals surface area contributed by atoms with Crippen LogP contribution in [0.25, 0.3) is 5.69 Å². The van der Waals surface area contributed by atoms with Crippen molar-refractivity contribution >= 4 is 15.9 Å². The molecule has 0 aliphatic rings. The van der Waals surface area contributed by atoms with Crippen LogP contribution in [0.5, 0.6) is 0 Å². The summed E-state index contributed by atoms with van der Waals surface area (Å²) in [5.41, 5.74) is 7.89. The third kappa shape index (κ3) is 2.33. The van der Waals surface area contributed by atoms with E-state index >= 15 is 0 Å². The molecule has 0 fully saturated rings. The molecule has 18 heavy (non-hydrogen) atoms. The smallest absolute Gasteiger partial charge is 0.151 e. The van der Waals surface area contributed by atoms with Gasteiger partial charge in [0.1, 0.15) is 5.82 Å². The SMILES string of the molecule is CCc1nc(CC)n(-c2cccc(Br)c2CN)n1. The lowest BCUT2D eigenvalue weighted by Crippen LogP contribution is -2.09. The molecule has 0 saturated heterocycles. The van der Waals surface area contributed by atoms with Gasteiger partial charge in [-0.3, -0.25) is 0 Å². The zero-order valence-electron chi connectivity index (χ0n) is 10.7. The highest BCUT2D eigenvalue weighted by Crippen LogP contribution is 2.24. The van der Waals surface area contributed by atoms with Crippen molar-refractivity contribution in [2.24, 2.45) is 5.73 Å². The summed E-state index contributed by atoms with van der Waals surface area (Å²) < 4.78 is 2.92. The molecule has 1 aromatic carbocycles. The predicted molar refractivity (Wildman–Crippen MR) is 75.7 cm³/mol. The Kier molecular flexibility index (Phi) is 4.14. The monoisotopic (exact) mass is 308 g/mol. The topological polar surface area (TPSA) is 56.7 Å². The molecule has 5 heteroatoms. The summed E-state index contributed by atoms with van der Waals surface area (Å²) in [5, 5.41) is 4.55. The normalized spacial score (nSPS) is 10.9. The fraction of sp³-hybridized carbons (Fsp3) is 0.385. The van der Waals surface area contributed by atoms with Crippen LogP contribution < -0.4 is 5.73 Å². The number of halogens is 1. The van der Waals surface area contributed by atoms with Crippen LogP contribution in [0, 0.1) is 0 Å². The van der Waals surface area contributed by atoms with E-state index in [-0.39, 0.29) is 0 Å². The number of benzene rings is 1. The Balaban J connectivity index is 2.60. The van der Waals surface area contributed by atoms with E-state index in [0.717, 1.165) is 40.2 Å². The van der Waals surface area contributed by atoms with Crippen LogP contribution in [0.4, 0.5) is 0 Å². The Morgan fingerprint density at radius 1 is 1.28 bits per heavy atom. The van der Waals surface area contributed by atoms with Crippen molar-refractivity contribution < 1.29 is 0 Å². The molecule has 0 unspecified atom stereocenters. The van der Waals surface area contributed by atoms with Crippen LogP contribution >= 0.6 is 15.9 Å². The fourth-order valence-electron chi connectivity index (χ4n) is 1.91. The van der Waals surface area contributed by atoms with Crippen molar-refractivity contribution in [3.8, 4) is 5.69 Å². The molecule has 0 bridgehead atoms. The summed E-state index contributed by atoms with van der Waals surface area (Å²) in [7, 11) is 0. The van der Waals surface area contributed by atoms with Crippen LogP contribution in [0.3, 0.4) is 0 Å². The first-order chi connectivity index (χ1) is 8.71. The zero-order valence-corrected chi connectivity index (χ0v) is 12.2. The van der Waals surface area contributed by atoms with E-state index in [1.54, 1.807) is 0 Å². The van der Waals surface area contributed by atoms with E-state index in [1.165, 1.54) is 0 Å². The van der Waals surface area contributed by atoms with E-state index < -0.39 is 0 Å². The first kappa shape index (κ1) is 13.2. The van der Waals surface area contributed by atoms with Gasteiger partial charge in [-0.2, -0.15) is 5.10 Å². The molecule has 2 rings (SSSR count). The number of hydrogen-bond acceptors (Lipinski definition) is 3. The van der Waals surface area contributed by atoms with Crippen molar-refractivity contribution in [1.29, 1.82) is 0 Å². The Morgan fingerprint density at radius 2 is 2.06 bits per heavy atom. The number of rotatable bonds is 4. The molecule has 4 nitrogen and oxygen atoms in total. The van der Waals surface area contributed by atoms with Crippen molar-refractivity contribution in [2.45, 2.75) is 33.2 Å². The first-order valence-electron chi connectivity index (χ1n) is 6.13. The Morgan fingerprint density at radius 3 is 2.67 bits per heavy atom. The van der Waals surface area contributed by atoms with Crippen LogP contribution in [0.2, 0.25) is 0 Å². The van der Waals surface area contributed by atoms with Gasteiger partial charge in [-0.15, -0.1) is 0 Å². The predicted octanol–water partition coefficient (Wildman–Crippen LogP) is 2.61. The summed E-state index contributed by atoms with van der Waals surface area (Å²) in [6, 6.07) is 6.01. The molecule has 0 atom stereocenters. The maximum atomic E-state index is 5.83. The second-order valence-electron chi connectivity index (χ2n) is 4.00. The molecular weight excluding hydrogens is 292 g/mol. The second-order valence-corrected chi connectivity index (χ2v) is 4.86. The third-order valence-electron chi connectivity index (χ3n) is 2.88. The van der Waals surface area contributed by atoms with Gasteiger partial charge in [-0.05, 0) is 12.1 Å². The number of nitrogens with zero attached hydrogens (tertiary/aromatic N) is 3. The first-order valence-corrected chi connectivity index (χ1v) is 6.93. The third-order valence-corrected chi connectivity index (χ3v) is 3.62. The van der Waals surface area contributed by atoms with E-state index in [9.17, 15) is 0 Å². The molecule has 0 amide bonds. The van der Waals surface area contributed by atoms with Crippen LogP contribution in [-0.2, 0) is 19.4 Å². The Hall–Kier alpha value is -1.20. The van der Waals surface area contributed by atoms with Gasteiger partial charge < -0.3 is 5.73 Å². The van der Waals surface area contributed by atoms with Crippen molar-refractivity contribution in [3.05, 3.63) is 39.9 Å². The van der Waals surface area contributed by atoms with Gasteiger partial charge in [0, 0.05) is 29.4 Å². The number of aryl methyl sites for hydroxylation is 2. The standard InChI is InChI=1S/C13H17BrN4/c1-3-12-16-13(4-2)18(17-12)11-7-5-6-10(14)9(11)8-15/h5-7H,3-4,8,15H2,1-2H3. The van der Waals surface area contributed by atoms with E-state index in [2.05, 4.69) is 39.9 Å². The summed E-state index contributed by atoms with van der Waals surface area (Å²) >= 11 is 3.53. The molecule has 2 aromatic rings. The van der Waals surface area contributed by atoms with Gasteiger partial charge in [0.05, 0.1) is 5.69 Å². The Bertz CT molecular complexity index is 548. The zero-order chi connectivity index (χ0) is 13.1. The van der Waals surface area contributed by atoms with E-state index in [1.807, 2.05) is 22.9 Å². The number of hydrogen-bond donors (Lipinski definition) is 1. The van der Waals surface area contributed by atoms with Gasteiger partial charge in [0.15, 0.2) is 5.82 Å². The molecule has 0 radical (unpaired) electrons. The number of nitrogens with two attached hydrogens (primary N) is 1. The van der Waals surface area contributed by atoms with Crippen LogP contribution in [-0.4, -0.2) is 14.8 Å². The maximum Gasteiger partial charge on any atom is 0.151 e. The summed E-state index contributed by atoms with van der Waals surface area (Å²) in [5.74, 6) is 1.84. The highest BCUT2D eigenvalue weighted by atomic mass is 79.9. The molecule has 0 aliphatic heterocycles. The molecule has 1 heterocycles. The van der Waals surface area contributed by atoms with Gasteiger partial charge in [-0.25, -0.2) is 9.67 Å². The average molecular weight is 309 g/mol. The van der Waals surface area contributed by atoms with E-state index in [0.29, 0.717) is 6.54 Å². The quantitative estimate of drug-likeness (QED) is 0.944. The van der Waals surface area contributed by atoms with Gasteiger partial charge in [0.2, 0.25) is 0 Å². The highest BCUT2D eigenvalue weighted by Gasteiger charge is 2.13. The number of aromatic nitrogens is 3. The highest BCUT2D eigenvalue weighted by molar-refractivity contribution is 9.10. The molecule has 96 valence electrons. The van der Waals surface area contributed by atoms with Crippen LogP contribution in [0.1, 0.15) is 31.1 Å². The van der Waals surface area contributed by atoms with Crippen molar-refractivity contribution in [1.82, 2.24) is 14.8 Å². The largest absolute Gasteiger partial charge is 0.326 e. The van der Waals surface area contributed by atoms with Gasteiger partial charge in [0.25, 0.3) is 0 Å². The van der Waals surface area contributed by atoms with Gasteiger partial charge >= 0.3 is 0 Å². The lowest BCUT2D eigenvalue weighted by atomic mass is 10.2. The minimum absolute atomic E-state index is 0.473. The van der Waals surface area contributed by atoms with Gasteiger partial charge in [-0.1, -0.05) is 35.8 Å². The maximum absolute atomic E-state index is 5.83. The van der Waals surface area contributed by atoms with Crippen LogP contribution in [0.15, 0.2) is 22.7 Å². The molecule has 0 aliphatic carbocycles. The fourth-order valence-corrected chi connectivity index (χ4v) is 2.43.